The monoisotopic (exact) mass is 494 g/mol. The van der Waals surface area contributed by atoms with Gasteiger partial charge in [0.25, 0.3) is 5.91 Å². The maximum absolute atomic E-state index is 13.2. The van der Waals surface area contributed by atoms with Gasteiger partial charge in [-0.05, 0) is 25.1 Å². The van der Waals surface area contributed by atoms with Gasteiger partial charge in [-0.2, -0.15) is 18.4 Å². The molecule has 34 heavy (non-hydrogen) atoms. The SMILES string of the molecule is C#CC1C(C(F)(F)F)=C=CC1NS(=O)(=O)c1cc(C(=O)NC(/C=C(/C#N)C(=C)F)=C/C)n(C)c1. The lowest BCUT2D eigenvalue weighted by molar-refractivity contribution is -0.0963. The number of hydrogen-bond donors (Lipinski definition) is 2. The Labute approximate surface area is 193 Å². The van der Waals surface area contributed by atoms with Crippen molar-refractivity contribution in [3.8, 4) is 18.4 Å². The van der Waals surface area contributed by atoms with E-state index in [1.165, 1.54) is 24.6 Å². The zero-order valence-electron chi connectivity index (χ0n) is 17.9. The van der Waals surface area contributed by atoms with E-state index in [2.05, 4.69) is 16.6 Å². The number of nitrogens with zero attached hydrogens (tertiary/aromatic N) is 2. The number of nitriles is 1. The van der Waals surface area contributed by atoms with Crippen molar-refractivity contribution in [2.45, 2.75) is 24.0 Å². The summed E-state index contributed by atoms with van der Waals surface area (Å²) >= 11 is 0. The highest BCUT2D eigenvalue weighted by Gasteiger charge is 2.44. The molecule has 0 aliphatic heterocycles. The molecule has 1 amide bonds. The Morgan fingerprint density at radius 3 is 2.56 bits per heavy atom. The maximum Gasteiger partial charge on any atom is 0.421 e. The van der Waals surface area contributed by atoms with Crippen LogP contribution in [-0.2, 0) is 17.1 Å². The van der Waals surface area contributed by atoms with E-state index < -0.39 is 55.9 Å². The summed E-state index contributed by atoms with van der Waals surface area (Å²) in [6.45, 7) is 4.52. The van der Waals surface area contributed by atoms with Crippen LogP contribution in [0.5, 0.6) is 0 Å². The molecular formula is C22H18F4N4O3S. The van der Waals surface area contributed by atoms with Crippen molar-refractivity contribution in [1.82, 2.24) is 14.6 Å². The Bertz CT molecular complexity index is 1350. The fourth-order valence-electron chi connectivity index (χ4n) is 2.96. The van der Waals surface area contributed by atoms with E-state index in [9.17, 15) is 30.8 Å². The zero-order valence-corrected chi connectivity index (χ0v) is 18.7. The summed E-state index contributed by atoms with van der Waals surface area (Å²) in [5.74, 6) is -1.49. The van der Waals surface area contributed by atoms with Crippen LogP contribution in [0.4, 0.5) is 17.6 Å². The van der Waals surface area contributed by atoms with Crippen molar-refractivity contribution >= 4 is 15.9 Å². The summed E-state index contributed by atoms with van der Waals surface area (Å²) < 4.78 is 81.2. The highest BCUT2D eigenvalue weighted by atomic mass is 32.2. The smallest absolute Gasteiger partial charge is 0.345 e. The Kier molecular flexibility index (Phi) is 7.75. The molecule has 178 valence electrons. The van der Waals surface area contributed by atoms with Gasteiger partial charge in [-0.15, -0.1) is 12.2 Å². The lowest BCUT2D eigenvalue weighted by Gasteiger charge is -2.19. The van der Waals surface area contributed by atoms with Crippen LogP contribution in [0.2, 0.25) is 0 Å². The number of nitrogens with one attached hydrogen (secondary N) is 2. The van der Waals surface area contributed by atoms with Crippen LogP contribution in [0.15, 0.2) is 70.4 Å². The minimum absolute atomic E-state index is 0.0443. The van der Waals surface area contributed by atoms with Crippen LogP contribution in [0.3, 0.4) is 0 Å². The van der Waals surface area contributed by atoms with Crippen LogP contribution in [0.1, 0.15) is 17.4 Å². The fourth-order valence-corrected chi connectivity index (χ4v) is 4.22. The number of carbonyl (C=O) groups excluding carboxylic acids is 1. The topological polar surface area (TPSA) is 104 Å². The number of halogens is 4. The van der Waals surface area contributed by atoms with Crippen molar-refractivity contribution in [2.75, 3.05) is 0 Å². The van der Waals surface area contributed by atoms with Crippen molar-refractivity contribution in [1.29, 1.82) is 5.26 Å². The minimum atomic E-state index is -4.77. The number of alkyl halides is 3. The normalized spacial score (nSPS) is 18.8. The summed E-state index contributed by atoms with van der Waals surface area (Å²) in [5.41, 5.74) is 0.279. The number of aryl methyl sites for hydroxylation is 1. The van der Waals surface area contributed by atoms with Crippen LogP contribution < -0.4 is 10.0 Å². The van der Waals surface area contributed by atoms with Crippen LogP contribution in [-0.4, -0.2) is 31.1 Å². The van der Waals surface area contributed by atoms with Gasteiger partial charge < -0.3 is 9.88 Å². The van der Waals surface area contributed by atoms with Gasteiger partial charge in [0.05, 0.1) is 23.1 Å². The number of carbonyl (C=O) groups is 1. The molecule has 2 unspecified atom stereocenters. The molecule has 1 aromatic heterocycles. The van der Waals surface area contributed by atoms with E-state index >= 15 is 0 Å². The summed E-state index contributed by atoms with van der Waals surface area (Å²) in [5, 5.41) is 11.3. The van der Waals surface area contributed by atoms with Gasteiger partial charge in [0, 0.05) is 18.9 Å². The third-order valence-electron chi connectivity index (χ3n) is 4.67. The van der Waals surface area contributed by atoms with Gasteiger partial charge in [0.2, 0.25) is 10.0 Å². The Hall–Kier alpha value is -3.83. The quantitative estimate of drug-likeness (QED) is 0.200. The minimum Gasteiger partial charge on any atom is -0.345 e. The van der Waals surface area contributed by atoms with Gasteiger partial charge in [0.1, 0.15) is 22.5 Å². The van der Waals surface area contributed by atoms with E-state index in [0.29, 0.717) is 0 Å². The molecule has 1 aromatic rings. The molecule has 1 heterocycles. The lowest BCUT2D eigenvalue weighted by Crippen LogP contribution is -2.39. The van der Waals surface area contributed by atoms with Crippen molar-refractivity contribution in [3.63, 3.8) is 0 Å². The van der Waals surface area contributed by atoms with Gasteiger partial charge in [-0.3, -0.25) is 4.79 Å². The molecule has 2 atom stereocenters. The highest BCUT2D eigenvalue weighted by Crippen LogP contribution is 2.35. The maximum atomic E-state index is 13.2. The summed E-state index contributed by atoms with van der Waals surface area (Å²) in [6, 6.07) is 1.19. The molecule has 0 spiro atoms. The predicted octanol–water partition coefficient (Wildman–Crippen LogP) is 3.15. The molecule has 2 N–H and O–H groups in total. The number of amides is 1. The highest BCUT2D eigenvalue weighted by molar-refractivity contribution is 7.89. The molecule has 12 heteroatoms. The van der Waals surface area contributed by atoms with E-state index in [0.717, 1.165) is 24.4 Å². The van der Waals surface area contributed by atoms with Gasteiger partial charge in [-0.25, -0.2) is 17.5 Å². The summed E-state index contributed by atoms with van der Waals surface area (Å²) in [4.78, 5) is 12.2. The second-order valence-corrected chi connectivity index (χ2v) is 8.67. The first-order valence-electron chi connectivity index (χ1n) is 9.38. The molecule has 1 aliphatic carbocycles. The van der Waals surface area contributed by atoms with E-state index in [1.54, 1.807) is 6.07 Å². The van der Waals surface area contributed by atoms with Crippen molar-refractivity contribution in [3.05, 3.63) is 71.2 Å². The molecule has 0 radical (unpaired) electrons. The van der Waals surface area contributed by atoms with E-state index in [-0.39, 0.29) is 11.4 Å². The van der Waals surface area contributed by atoms with Crippen molar-refractivity contribution < 1.29 is 30.8 Å². The second kappa shape index (κ2) is 9.98. The molecule has 0 bridgehead atoms. The molecular weight excluding hydrogens is 476 g/mol. The molecule has 0 aromatic carbocycles. The standard InChI is InChI=1S/C22H18F4N4O3S/c1-5-15(9-14(11-27)13(3)23)28-21(31)20-10-16(12-30(20)4)34(32,33)29-19-8-7-18(17(19)6-2)22(24,25)26/h2,5,8-10,12,17,19,29H,3H2,1,4H3,(H,28,31)/b14-9-,15-5+. The molecule has 7 nitrogen and oxygen atoms in total. The first kappa shape index (κ1) is 26.4. The first-order chi connectivity index (χ1) is 15.7. The third kappa shape index (κ3) is 5.74. The lowest BCUT2D eigenvalue weighted by atomic mass is 9.98. The predicted molar refractivity (Wildman–Crippen MR) is 115 cm³/mol. The van der Waals surface area contributed by atoms with Crippen LogP contribution in [0, 0.1) is 29.6 Å². The number of rotatable bonds is 7. The number of allylic oxidation sites excluding steroid dienone is 4. The summed E-state index contributed by atoms with van der Waals surface area (Å²) in [6.07, 6.45) is 4.78. The molecule has 0 saturated heterocycles. The van der Waals surface area contributed by atoms with Crippen LogP contribution >= 0.6 is 0 Å². The Balaban J connectivity index is 2.26. The van der Waals surface area contributed by atoms with Gasteiger partial charge in [0.15, 0.2) is 0 Å². The third-order valence-corrected chi connectivity index (χ3v) is 6.10. The van der Waals surface area contributed by atoms with E-state index in [4.69, 9.17) is 11.7 Å². The average Bonchev–Trinajstić information content (AvgIpc) is 3.33. The Morgan fingerprint density at radius 2 is 2.06 bits per heavy atom. The molecule has 2 rings (SSSR count). The molecule has 0 saturated carbocycles. The average molecular weight is 494 g/mol. The largest absolute Gasteiger partial charge is 0.421 e. The number of terminal acetylenes is 1. The fraction of sp³-hybridized carbons (Fsp3) is 0.227. The molecule has 0 fully saturated rings. The number of aromatic nitrogens is 1. The zero-order chi connectivity index (χ0) is 25.8. The van der Waals surface area contributed by atoms with Crippen molar-refractivity contribution in [2.24, 2.45) is 13.0 Å². The Morgan fingerprint density at radius 1 is 1.41 bits per heavy atom. The van der Waals surface area contributed by atoms with Crippen LogP contribution in [0.25, 0.3) is 0 Å². The first-order valence-corrected chi connectivity index (χ1v) is 10.9. The van der Waals surface area contributed by atoms with Gasteiger partial charge in [-0.1, -0.05) is 18.6 Å². The number of hydrogen-bond acceptors (Lipinski definition) is 4. The van der Waals surface area contributed by atoms with Gasteiger partial charge >= 0.3 is 6.18 Å². The summed E-state index contributed by atoms with van der Waals surface area (Å²) in [7, 11) is -3.02. The second-order valence-electron chi connectivity index (χ2n) is 6.96. The number of sulfonamides is 1. The van der Waals surface area contributed by atoms with E-state index in [1.807, 2.05) is 11.7 Å². The molecule has 1 aliphatic rings.